The third-order valence-electron chi connectivity index (χ3n) is 4.82. The number of anilines is 1. The molecule has 3 nitrogen and oxygen atoms in total. The number of nitrogens with two attached hydrogens (primary N) is 1. The van der Waals surface area contributed by atoms with E-state index in [0.29, 0.717) is 4.99 Å². The van der Waals surface area contributed by atoms with Crippen molar-refractivity contribution in [2.45, 2.75) is 25.7 Å². The number of nitrogens with zero attached hydrogens (tertiary/aromatic N) is 2. The number of thiocarbonyl (C=S) groups is 1. The first kappa shape index (κ1) is 12.9. The van der Waals surface area contributed by atoms with Crippen molar-refractivity contribution in [3.05, 3.63) is 24.0 Å². The zero-order valence-corrected chi connectivity index (χ0v) is 12.2. The highest BCUT2D eigenvalue weighted by Crippen LogP contribution is 2.48. The van der Waals surface area contributed by atoms with E-state index in [2.05, 4.69) is 23.0 Å². The summed E-state index contributed by atoms with van der Waals surface area (Å²) in [6, 6.07) is 4.02. The van der Waals surface area contributed by atoms with Crippen molar-refractivity contribution in [3.63, 3.8) is 0 Å². The van der Waals surface area contributed by atoms with Gasteiger partial charge in [0.05, 0.1) is 5.69 Å². The maximum atomic E-state index is 5.76. The predicted octanol–water partition coefficient (Wildman–Crippen LogP) is 2.59. The van der Waals surface area contributed by atoms with Crippen LogP contribution in [0.15, 0.2) is 18.3 Å². The maximum Gasteiger partial charge on any atom is 0.124 e. The molecule has 1 heterocycles. The first-order valence-corrected chi connectivity index (χ1v) is 7.52. The molecule has 0 spiro atoms. The van der Waals surface area contributed by atoms with Gasteiger partial charge in [0.1, 0.15) is 10.7 Å². The quantitative estimate of drug-likeness (QED) is 0.858. The molecular formula is C15H21N3S. The molecule has 2 aliphatic carbocycles. The van der Waals surface area contributed by atoms with Gasteiger partial charge in [0.15, 0.2) is 0 Å². The van der Waals surface area contributed by atoms with E-state index in [4.69, 9.17) is 18.0 Å². The second-order valence-corrected chi connectivity index (χ2v) is 6.49. The highest BCUT2D eigenvalue weighted by molar-refractivity contribution is 7.80. The normalized spacial score (nSPS) is 28.6. The molecule has 2 N–H and O–H groups in total. The summed E-state index contributed by atoms with van der Waals surface area (Å²) >= 11 is 5.09. The lowest BCUT2D eigenvalue weighted by Crippen LogP contribution is -2.30. The van der Waals surface area contributed by atoms with Crippen LogP contribution in [0.5, 0.6) is 0 Å². The van der Waals surface area contributed by atoms with Gasteiger partial charge < -0.3 is 10.6 Å². The Bertz CT molecular complexity index is 488. The van der Waals surface area contributed by atoms with Crippen molar-refractivity contribution in [1.82, 2.24) is 4.98 Å². The molecular weight excluding hydrogens is 254 g/mol. The van der Waals surface area contributed by atoms with Crippen molar-refractivity contribution < 1.29 is 0 Å². The molecule has 0 amide bonds. The third-order valence-corrected chi connectivity index (χ3v) is 5.02. The molecule has 2 fully saturated rings. The van der Waals surface area contributed by atoms with E-state index in [1.54, 1.807) is 6.20 Å². The summed E-state index contributed by atoms with van der Waals surface area (Å²) in [6.07, 6.45) is 7.49. The fourth-order valence-electron chi connectivity index (χ4n) is 3.94. The van der Waals surface area contributed by atoms with Gasteiger partial charge in [-0.25, -0.2) is 0 Å². The molecule has 1 aromatic heterocycles. The van der Waals surface area contributed by atoms with E-state index >= 15 is 0 Å². The van der Waals surface area contributed by atoms with Crippen LogP contribution in [0.2, 0.25) is 0 Å². The summed E-state index contributed by atoms with van der Waals surface area (Å²) in [5.74, 6) is 2.77. The Morgan fingerprint density at radius 2 is 2.32 bits per heavy atom. The van der Waals surface area contributed by atoms with Gasteiger partial charge in [-0.1, -0.05) is 18.6 Å². The van der Waals surface area contributed by atoms with Crippen molar-refractivity contribution in [3.8, 4) is 0 Å². The molecule has 3 atom stereocenters. The Morgan fingerprint density at radius 3 is 2.95 bits per heavy atom. The van der Waals surface area contributed by atoms with Crippen LogP contribution in [-0.4, -0.2) is 23.6 Å². The number of hydrogen-bond acceptors (Lipinski definition) is 3. The molecule has 1 aromatic rings. The highest BCUT2D eigenvalue weighted by atomic mass is 32.1. The van der Waals surface area contributed by atoms with E-state index in [1.807, 2.05) is 6.07 Å². The summed E-state index contributed by atoms with van der Waals surface area (Å²) in [4.78, 5) is 6.98. The second-order valence-electron chi connectivity index (χ2n) is 6.05. The van der Waals surface area contributed by atoms with Gasteiger partial charge in [0, 0.05) is 19.8 Å². The van der Waals surface area contributed by atoms with Crippen molar-refractivity contribution in [1.29, 1.82) is 0 Å². The second kappa shape index (κ2) is 5.08. The molecule has 0 saturated heterocycles. The molecule has 3 rings (SSSR count). The van der Waals surface area contributed by atoms with E-state index < -0.39 is 0 Å². The van der Waals surface area contributed by atoms with Crippen LogP contribution >= 0.6 is 12.2 Å². The molecule has 0 aliphatic heterocycles. The molecule has 4 heteroatoms. The van der Waals surface area contributed by atoms with Crippen LogP contribution in [0.3, 0.4) is 0 Å². The van der Waals surface area contributed by atoms with E-state index in [1.165, 1.54) is 25.7 Å². The Labute approximate surface area is 120 Å². The number of pyridine rings is 1. The number of hydrogen-bond donors (Lipinski definition) is 1. The van der Waals surface area contributed by atoms with Crippen molar-refractivity contribution >= 4 is 22.9 Å². The third kappa shape index (κ3) is 2.46. The van der Waals surface area contributed by atoms with Gasteiger partial charge in [0.25, 0.3) is 0 Å². The SMILES string of the molecule is CN(CC1CC2CCC1C2)c1cccnc1C(N)=S. The van der Waals surface area contributed by atoms with Gasteiger partial charge >= 0.3 is 0 Å². The lowest BCUT2D eigenvalue weighted by atomic mass is 9.88. The number of rotatable bonds is 4. The van der Waals surface area contributed by atoms with Crippen LogP contribution < -0.4 is 10.6 Å². The molecule has 2 saturated carbocycles. The average molecular weight is 275 g/mol. The summed E-state index contributed by atoms with van der Waals surface area (Å²) in [6.45, 7) is 1.10. The first-order chi connectivity index (χ1) is 9.15. The van der Waals surface area contributed by atoms with E-state index in [9.17, 15) is 0 Å². The van der Waals surface area contributed by atoms with Gasteiger partial charge in [-0.2, -0.15) is 0 Å². The Hall–Kier alpha value is -1.16. The lowest BCUT2D eigenvalue weighted by molar-refractivity contribution is 0.337. The number of fused-ring (bicyclic) bond motifs is 2. The fraction of sp³-hybridized carbons (Fsp3) is 0.600. The minimum Gasteiger partial charge on any atom is -0.388 e. The Morgan fingerprint density at radius 1 is 1.47 bits per heavy atom. The first-order valence-electron chi connectivity index (χ1n) is 7.11. The van der Waals surface area contributed by atoms with E-state index in [-0.39, 0.29) is 0 Å². The molecule has 2 aliphatic rings. The standard InChI is InChI=1S/C15H21N3S/c1-18(9-12-8-10-4-5-11(12)7-10)13-3-2-6-17-14(13)15(16)19/h2-3,6,10-12H,4-5,7-9H2,1H3,(H2,16,19). The lowest BCUT2D eigenvalue weighted by Gasteiger charge is -2.29. The predicted molar refractivity (Wildman–Crippen MR) is 82.3 cm³/mol. The van der Waals surface area contributed by atoms with Crippen molar-refractivity contribution in [2.75, 3.05) is 18.5 Å². The molecule has 0 radical (unpaired) electrons. The van der Waals surface area contributed by atoms with E-state index in [0.717, 1.165) is 35.7 Å². The van der Waals surface area contributed by atoms with Crippen LogP contribution in [0, 0.1) is 17.8 Å². The maximum absolute atomic E-state index is 5.76. The van der Waals surface area contributed by atoms with Crippen LogP contribution in [-0.2, 0) is 0 Å². The zero-order valence-electron chi connectivity index (χ0n) is 11.4. The minimum absolute atomic E-state index is 0.385. The molecule has 3 unspecified atom stereocenters. The highest BCUT2D eigenvalue weighted by Gasteiger charge is 2.39. The summed E-state index contributed by atoms with van der Waals surface area (Å²) in [5.41, 5.74) is 7.58. The van der Waals surface area contributed by atoms with Crippen LogP contribution in [0.1, 0.15) is 31.4 Å². The van der Waals surface area contributed by atoms with Crippen LogP contribution in [0.4, 0.5) is 5.69 Å². The zero-order chi connectivity index (χ0) is 13.4. The average Bonchev–Trinajstić information content (AvgIpc) is 3.01. The Kier molecular flexibility index (Phi) is 3.44. The Balaban J connectivity index is 1.74. The fourth-order valence-corrected chi connectivity index (χ4v) is 4.10. The topological polar surface area (TPSA) is 42.2 Å². The summed E-state index contributed by atoms with van der Waals surface area (Å²) in [5, 5.41) is 0. The molecule has 102 valence electrons. The summed E-state index contributed by atoms with van der Waals surface area (Å²) in [7, 11) is 2.13. The molecule has 2 bridgehead atoms. The summed E-state index contributed by atoms with van der Waals surface area (Å²) < 4.78 is 0. The van der Waals surface area contributed by atoms with Gasteiger partial charge in [0.2, 0.25) is 0 Å². The monoisotopic (exact) mass is 275 g/mol. The van der Waals surface area contributed by atoms with Gasteiger partial charge in [-0.05, 0) is 49.1 Å². The van der Waals surface area contributed by atoms with Gasteiger partial charge in [-0.15, -0.1) is 0 Å². The molecule has 19 heavy (non-hydrogen) atoms. The van der Waals surface area contributed by atoms with Crippen molar-refractivity contribution in [2.24, 2.45) is 23.5 Å². The number of aromatic nitrogens is 1. The minimum atomic E-state index is 0.385. The largest absolute Gasteiger partial charge is 0.388 e. The smallest absolute Gasteiger partial charge is 0.124 e. The van der Waals surface area contributed by atoms with Gasteiger partial charge in [-0.3, -0.25) is 4.98 Å². The molecule has 0 aromatic carbocycles. The van der Waals surface area contributed by atoms with Crippen LogP contribution in [0.25, 0.3) is 0 Å².